The minimum Gasteiger partial charge on any atom is -0.508 e. The molecule has 228 valence electrons. The highest BCUT2D eigenvalue weighted by molar-refractivity contribution is 7.09. The predicted octanol–water partition coefficient (Wildman–Crippen LogP) is 3.73. The molecule has 1 aromatic heterocycles. The van der Waals surface area contributed by atoms with E-state index in [0.29, 0.717) is 38.8 Å². The first-order valence-electron chi connectivity index (χ1n) is 14.6. The van der Waals surface area contributed by atoms with Crippen LogP contribution in [0.25, 0.3) is 0 Å². The Morgan fingerprint density at radius 2 is 1.74 bits per heavy atom. The van der Waals surface area contributed by atoms with Crippen molar-refractivity contribution in [1.82, 2.24) is 14.7 Å². The number of nitrogens with zero attached hydrogens (tertiary/aromatic N) is 3. The largest absolute Gasteiger partial charge is 0.508 e. The molecule has 4 rings (SSSR count). The van der Waals surface area contributed by atoms with Crippen LogP contribution in [0.3, 0.4) is 0 Å². The molecule has 2 atom stereocenters. The van der Waals surface area contributed by atoms with Gasteiger partial charge in [0, 0.05) is 24.5 Å². The molecule has 1 fully saturated rings. The van der Waals surface area contributed by atoms with E-state index < -0.39 is 12.1 Å². The van der Waals surface area contributed by atoms with E-state index in [1.807, 2.05) is 48.7 Å². The Kier molecular flexibility index (Phi) is 11.3. The van der Waals surface area contributed by atoms with Crippen molar-refractivity contribution in [3.8, 4) is 11.5 Å². The lowest BCUT2D eigenvalue weighted by Gasteiger charge is -2.41. The Morgan fingerprint density at radius 1 is 1.05 bits per heavy atom. The molecule has 2 heterocycles. The predicted molar refractivity (Wildman–Crippen MR) is 165 cm³/mol. The minimum absolute atomic E-state index is 0.0411. The molecule has 1 saturated heterocycles. The summed E-state index contributed by atoms with van der Waals surface area (Å²) in [6.07, 6.45) is 2.61. The summed E-state index contributed by atoms with van der Waals surface area (Å²) in [5.41, 5.74) is 1.91. The van der Waals surface area contributed by atoms with Crippen LogP contribution >= 0.6 is 11.3 Å². The fraction of sp³-hybridized carbons (Fsp3) is 0.394. The van der Waals surface area contributed by atoms with Crippen LogP contribution in [0.1, 0.15) is 35.8 Å². The molecular weight excluding hydrogens is 566 g/mol. The van der Waals surface area contributed by atoms with Gasteiger partial charge in [0.2, 0.25) is 17.7 Å². The first-order chi connectivity index (χ1) is 20.8. The van der Waals surface area contributed by atoms with E-state index >= 15 is 0 Å². The van der Waals surface area contributed by atoms with Crippen LogP contribution in [0.5, 0.6) is 11.5 Å². The van der Waals surface area contributed by atoms with E-state index in [9.17, 15) is 24.3 Å². The van der Waals surface area contributed by atoms with E-state index in [-0.39, 0.29) is 43.0 Å². The van der Waals surface area contributed by atoms with Crippen LogP contribution in [-0.4, -0.2) is 89.2 Å². The third-order valence-corrected chi connectivity index (χ3v) is 8.81. The van der Waals surface area contributed by atoms with E-state index in [2.05, 4.69) is 0 Å². The number of piperazine rings is 1. The zero-order valence-corrected chi connectivity index (χ0v) is 25.5. The number of amides is 3. The van der Waals surface area contributed by atoms with Crippen molar-refractivity contribution in [3.05, 3.63) is 82.0 Å². The highest BCUT2D eigenvalue weighted by atomic mass is 32.1. The number of hydrogen-bond donors (Lipinski definition) is 1. The summed E-state index contributed by atoms with van der Waals surface area (Å²) < 4.78 is 5.22. The van der Waals surface area contributed by atoms with Gasteiger partial charge in [-0.15, -0.1) is 11.3 Å². The van der Waals surface area contributed by atoms with Crippen LogP contribution < -0.4 is 4.74 Å². The Hall–Kier alpha value is -4.18. The number of carbonyl (C=O) groups is 4. The molecule has 10 heteroatoms. The second-order valence-electron chi connectivity index (χ2n) is 10.6. The van der Waals surface area contributed by atoms with Gasteiger partial charge in [0.15, 0.2) is 0 Å². The SMILES string of the molecule is CCC(C=O)N(CCc1ccc(O)cc1)C(=O)CC1C(=O)N(CCc2ccc(OC)cc2)CC(=O)N1CCc1cccs1. The zero-order chi connectivity index (χ0) is 30.8. The first kappa shape index (κ1) is 31.7. The number of carbonyl (C=O) groups excluding carboxylic acids is 4. The third kappa shape index (κ3) is 8.44. The number of benzene rings is 2. The molecule has 0 spiro atoms. The molecule has 1 aliphatic rings. The Labute approximate surface area is 256 Å². The van der Waals surface area contributed by atoms with Crippen molar-refractivity contribution in [2.75, 3.05) is 33.3 Å². The zero-order valence-electron chi connectivity index (χ0n) is 24.7. The number of methoxy groups -OCH3 is 1. The van der Waals surface area contributed by atoms with E-state index in [0.717, 1.165) is 28.0 Å². The molecule has 0 aliphatic carbocycles. The molecule has 3 amide bonds. The number of ether oxygens (including phenoxy) is 1. The maximum absolute atomic E-state index is 13.9. The topological polar surface area (TPSA) is 107 Å². The average molecular weight is 606 g/mol. The average Bonchev–Trinajstić information content (AvgIpc) is 3.54. The molecular formula is C33H39N3O6S. The van der Waals surface area contributed by atoms with Gasteiger partial charge in [0.05, 0.1) is 26.1 Å². The Balaban J connectivity index is 1.52. The lowest BCUT2D eigenvalue weighted by molar-refractivity contribution is -0.158. The van der Waals surface area contributed by atoms with Crippen LogP contribution in [0, 0.1) is 0 Å². The summed E-state index contributed by atoms with van der Waals surface area (Å²) in [7, 11) is 1.60. The van der Waals surface area contributed by atoms with Gasteiger partial charge in [-0.1, -0.05) is 37.3 Å². The lowest BCUT2D eigenvalue weighted by Crippen LogP contribution is -2.61. The molecule has 3 aromatic rings. The standard InChI is InChI=1S/C33H39N3O6S/c1-3-26(23-37)35(18-15-24-6-10-27(38)11-7-24)31(39)21-30-33(41)34(17-14-25-8-12-28(42-2)13-9-25)22-32(40)36(30)19-16-29-5-4-20-43-29/h4-13,20,23,26,30,38H,3,14-19,21-22H2,1-2H3. The second-order valence-corrected chi connectivity index (χ2v) is 11.6. The first-order valence-corrected chi connectivity index (χ1v) is 15.5. The summed E-state index contributed by atoms with van der Waals surface area (Å²) >= 11 is 1.59. The smallest absolute Gasteiger partial charge is 0.246 e. The van der Waals surface area contributed by atoms with Gasteiger partial charge < -0.3 is 29.3 Å². The van der Waals surface area contributed by atoms with E-state index in [4.69, 9.17) is 4.74 Å². The van der Waals surface area contributed by atoms with Gasteiger partial charge in [-0.2, -0.15) is 0 Å². The summed E-state index contributed by atoms with van der Waals surface area (Å²) in [6, 6.07) is 16.6. The molecule has 9 nitrogen and oxygen atoms in total. The third-order valence-electron chi connectivity index (χ3n) is 7.87. The van der Waals surface area contributed by atoms with Crippen molar-refractivity contribution in [2.45, 2.75) is 51.1 Å². The molecule has 1 aliphatic heterocycles. The monoisotopic (exact) mass is 605 g/mol. The van der Waals surface area contributed by atoms with Gasteiger partial charge in [0.1, 0.15) is 23.8 Å². The summed E-state index contributed by atoms with van der Waals surface area (Å²) in [6.45, 7) is 2.74. The summed E-state index contributed by atoms with van der Waals surface area (Å²) in [4.78, 5) is 58.9. The number of phenols is 1. The molecule has 0 radical (unpaired) electrons. The van der Waals surface area contributed by atoms with Crippen LogP contribution in [0.2, 0.25) is 0 Å². The van der Waals surface area contributed by atoms with Crippen molar-refractivity contribution in [3.63, 3.8) is 0 Å². The Morgan fingerprint density at radius 3 is 2.37 bits per heavy atom. The van der Waals surface area contributed by atoms with Crippen LogP contribution in [0.4, 0.5) is 0 Å². The maximum atomic E-state index is 13.9. The highest BCUT2D eigenvalue weighted by Gasteiger charge is 2.41. The molecule has 2 unspecified atom stereocenters. The number of aromatic hydroxyl groups is 1. The quantitative estimate of drug-likeness (QED) is 0.265. The van der Waals surface area contributed by atoms with Crippen molar-refractivity contribution in [2.24, 2.45) is 0 Å². The number of aldehydes is 1. The molecule has 2 aromatic carbocycles. The van der Waals surface area contributed by atoms with E-state index in [1.54, 1.807) is 52.5 Å². The number of phenolic OH excluding ortho intramolecular Hbond substituents is 1. The molecule has 43 heavy (non-hydrogen) atoms. The van der Waals surface area contributed by atoms with Crippen molar-refractivity contribution in [1.29, 1.82) is 0 Å². The van der Waals surface area contributed by atoms with Gasteiger partial charge in [-0.25, -0.2) is 0 Å². The van der Waals surface area contributed by atoms with Gasteiger partial charge in [0.25, 0.3) is 0 Å². The number of thiophene rings is 1. The number of rotatable bonds is 15. The molecule has 1 N–H and O–H groups in total. The van der Waals surface area contributed by atoms with Crippen LogP contribution in [-0.2, 0) is 38.4 Å². The van der Waals surface area contributed by atoms with Gasteiger partial charge in [-0.3, -0.25) is 14.4 Å². The van der Waals surface area contributed by atoms with E-state index in [1.165, 1.54) is 4.90 Å². The summed E-state index contributed by atoms with van der Waals surface area (Å²) in [5, 5.41) is 11.6. The fourth-order valence-corrected chi connectivity index (χ4v) is 6.02. The fourth-order valence-electron chi connectivity index (χ4n) is 5.32. The number of hydrogen-bond acceptors (Lipinski definition) is 7. The molecule has 0 saturated carbocycles. The second kappa shape index (κ2) is 15.3. The summed E-state index contributed by atoms with van der Waals surface area (Å²) in [5.74, 6) is 0.0910. The molecule has 0 bridgehead atoms. The van der Waals surface area contributed by atoms with Crippen molar-refractivity contribution < 1.29 is 29.0 Å². The van der Waals surface area contributed by atoms with Gasteiger partial charge >= 0.3 is 0 Å². The maximum Gasteiger partial charge on any atom is 0.246 e. The minimum atomic E-state index is -0.954. The highest BCUT2D eigenvalue weighted by Crippen LogP contribution is 2.22. The van der Waals surface area contributed by atoms with Crippen LogP contribution in [0.15, 0.2) is 66.0 Å². The van der Waals surface area contributed by atoms with Crippen molar-refractivity contribution >= 4 is 35.3 Å². The Bertz CT molecular complexity index is 1360. The van der Waals surface area contributed by atoms with Gasteiger partial charge in [-0.05, 0) is 72.5 Å². The lowest BCUT2D eigenvalue weighted by atomic mass is 10.0. The normalized spacial score (nSPS) is 15.8.